The van der Waals surface area contributed by atoms with Crippen molar-refractivity contribution in [2.24, 2.45) is 7.05 Å². The highest BCUT2D eigenvalue weighted by Gasteiger charge is 2.19. The summed E-state index contributed by atoms with van der Waals surface area (Å²) in [5.74, 6) is -0.348. The number of para-hydroxylation sites is 1. The molecule has 0 saturated carbocycles. The lowest BCUT2D eigenvalue weighted by Gasteiger charge is -2.07. The SMILES string of the molecule is Cc1c(NC(=O)c2cc(Br)ccc2Br)c(=O)n(-c2ccccc2)n1C. The van der Waals surface area contributed by atoms with Gasteiger partial charge in [0.15, 0.2) is 0 Å². The number of aromatic nitrogens is 2. The minimum absolute atomic E-state index is 0.267. The molecule has 3 aromatic rings. The first-order valence-electron chi connectivity index (χ1n) is 7.50. The molecule has 0 spiro atoms. The van der Waals surface area contributed by atoms with E-state index in [1.165, 1.54) is 4.68 Å². The molecule has 2 aromatic carbocycles. The van der Waals surface area contributed by atoms with Gasteiger partial charge in [-0.15, -0.1) is 0 Å². The van der Waals surface area contributed by atoms with Gasteiger partial charge in [-0.25, -0.2) is 4.68 Å². The molecule has 25 heavy (non-hydrogen) atoms. The maximum Gasteiger partial charge on any atom is 0.295 e. The van der Waals surface area contributed by atoms with Crippen molar-refractivity contribution in [3.63, 3.8) is 0 Å². The molecule has 128 valence electrons. The molecule has 5 nitrogen and oxygen atoms in total. The van der Waals surface area contributed by atoms with Crippen molar-refractivity contribution >= 4 is 43.5 Å². The maximum atomic E-state index is 12.8. The summed E-state index contributed by atoms with van der Waals surface area (Å²) in [7, 11) is 1.79. The van der Waals surface area contributed by atoms with E-state index < -0.39 is 0 Å². The number of halogens is 2. The summed E-state index contributed by atoms with van der Waals surface area (Å²) in [5.41, 5.74) is 1.85. The average molecular weight is 465 g/mol. The molecule has 1 amide bonds. The van der Waals surface area contributed by atoms with Crippen molar-refractivity contribution in [3.05, 3.63) is 79.1 Å². The summed E-state index contributed by atoms with van der Waals surface area (Å²) in [4.78, 5) is 25.5. The second-order valence-corrected chi connectivity index (χ2v) is 7.28. The van der Waals surface area contributed by atoms with Gasteiger partial charge in [0.25, 0.3) is 11.5 Å². The minimum Gasteiger partial charge on any atom is -0.316 e. The fourth-order valence-corrected chi connectivity index (χ4v) is 3.35. The summed E-state index contributed by atoms with van der Waals surface area (Å²) in [6.07, 6.45) is 0. The quantitative estimate of drug-likeness (QED) is 0.629. The number of nitrogens with zero attached hydrogens (tertiary/aromatic N) is 2. The number of carbonyl (C=O) groups is 1. The Bertz CT molecular complexity index is 1010. The molecule has 0 radical (unpaired) electrons. The number of anilines is 1. The van der Waals surface area contributed by atoms with Crippen molar-refractivity contribution < 1.29 is 4.79 Å². The van der Waals surface area contributed by atoms with E-state index in [9.17, 15) is 9.59 Å². The Labute approximate surface area is 161 Å². The molecule has 0 unspecified atom stereocenters. The Morgan fingerprint density at radius 3 is 2.44 bits per heavy atom. The molecule has 0 aliphatic rings. The third-order valence-electron chi connectivity index (χ3n) is 3.97. The second-order valence-electron chi connectivity index (χ2n) is 5.51. The fourth-order valence-electron chi connectivity index (χ4n) is 2.56. The monoisotopic (exact) mass is 463 g/mol. The van der Waals surface area contributed by atoms with Crippen LogP contribution < -0.4 is 10.9 Å². The van der Waals surface area contributed by atoms with Crippen LogP contribution in [0.5, 0.6) is 0 Å². The normalized spacial score (nSPS) is 10.7. The smallest absolute Gasteiger partial charge is 0.295 e. The number of carbonyl (C=O) groups excluding carboxylic acids is 1. The van der Waals surface area contributed by atoms with Crippen LogP contribution in [0.2, 0.25) is 0 Å². The van der Waals surface area contributed by atoms with E-state index in [0.717, 1.165) is 10.2 Å². The van der Waals surface area contributed by atoms with Crippen LogP contribution in [0.3, 0.4) is 0 Å². The van der Waals surface area contributed by atoms with Crippen LogP contribution in [0.25, 0.3) is 5.69 Å². The number of amides is 1. The van der Waals surface area contributed by atoms with Crippen molar-refractivity contribution in [3.8, 4) is 5.69 Å². The molecule has 1 N–H and O–H groups in total. The third kappa shape index (κ3) is 3.34. The van der Waals surface area contributed by atoms with Crippen molar-refractivity contribution in [2.75, 3.05) is 5.32 Å². The van der Waals surface area contributed by atoms with Crippen LogP contribution in [-0.2, 0) is 7.05 Å². The molecule has 7 heteroatoms. The highest BCUT2D eigenvalue weighted by molar-refractivity contribution is 9.11. The zero-order chi connectivity index (χ0) is 18.1. The maximum absolute atomic E-state index is 12.8. The number of rotatable bonds is 3. The molecule has 0 atom stereocenters. The molecule has 0 saturated heterocycles. The average Bonchev–Trinajstić information content (AvgIpc) is 2.81. The van der Waals surface area contributed by atoms with Crippen LogP contribution in [0, 0.1) is 6.92 Å². The second kappa shape index (κ2) is 7.01. The van der Waals surface area contributed by atoms with Crippen LogP contribution in [0.1, 0.15) is 16.1 Å². The largest absolute Gasteiger partial charge is 0.316 e. The lowest BCUT2D eigenvalue weighted by atomic mass is 10.2. The summed E-state index contributed by atoms with van der Waals surface area (Å²) in [5, 5.41) is 2.75. The van der Waals surface area contributed by atoms with Gasteiger partial charge in [0.2, 0.25) is 0 Å². The van der Waals surface area contributed by atoms with E-state index in [4.69, 9.17) is 0 Å². The highest BCUT2D eigenvalue weighted by Crippen LogP contribution is 2.23. The van der Waals surface area contributed by atoms with E-state index >= 15 is 0 Å². The standard InChI is InChI=1S/C18H15Br2N3O2/c1-11-16(21-17(24)14-10-12(19)8-9-15(14)20)18(25)23(22(11)2)13-6-4-3-5-7-13/h3-10H,1-2H3,(H,21,24). The van der Waals surface area contributed by atoms with Gasteiger partial charge in [-0.3, -0.25) is 14.3 Å². The lowest BCUT2D eigenvalue weighted by Crippen LogP contribution is -2.23. The van der Waals surface area contributed by atoms with Gasteiger partial charge in [-0.05, 0) is 53.2 Å². The van der Waals surface area contributed by atoms with Gasteiger partial charge in [0.05, 0.1) is 16.9 Å². The fraction of sp³-hybridized carbons (Fsp3) is 0.111. The van der Waals surface area contributed by atoms with Crippen LogP contribution in [0.15, 0.2) is 62.3 Å². The molecule has 0 aliphatic heterocycles. The summed E-state index contributed by atoms with van der Waals surface area (Å²) >= 11 is 6.72. The molecule has 0 fully saturated rings. The van der Waals surface area contributed by atoms with Gasteiger partial charge >= 0.3 is 0 Å². The predicted octanol–water partition coefficient (Wildman–Crippen LogP) is 4.26. The molecule has 0 bridgehead atoms. The van der Waals surface area contributed by atoms with E-state index in [2.05, 4.69) is 37.2 Å². The number of nitrogens with one attached hydrogen (secondary N) is 1. The number of hydrogen-bond acceptors (Lipinski definition) is 2. The van der Waals surface area contributed by atoms with Crippen molar-refractivity contribution in [1.82, 2.24) is 9.36 Å². The van der Waals surface area contributed by atoms with E-state index in [0.29, 0.717) is 15.7 Å². The van der Waals surface area contributed by atoms with Crippen LogP contribution in [0.4, 0.5) is 5.69 Å². The lowest BCUT2D eigenvalue weighted by molar-refractivity contribution is 0.102. The Hall–Kier alpha value is -2.12. The molecular weight excluding hydrogens is 450 g/mol. The first-order chi connectivity index (χ1) is 11.9. The van der Waals surface area contributed by atoms with E-state index in [1.54, 1.807) is 30.8 Å². The molecule has 1 heterocycles. The predicted molar refractivity (Wildman–Crippen MR) is 106 cm³/mol. The van der Waals surface area contributed by atoms with Gasteiger partial charge in [-0.1, -0.05) is 34.1 Å². The van der Waals surface area contributed by atoms with Crippen molar-refractivity contribution in [1.29, 1.82) is 0 Å². The van der Waals surface area contributed by atoms with Crippen molar-refractivity contribution in [2.45, 2.75) is 6.92 Å². The zero-order valence-corrected chi connectivity index (χ0v) is 16.8. The Morgan fingerprint density at radius 2 is 1.76 bits per heavy atom. The summed E-state index contributed by atoms with van der Waals surface area (Å²) in [6, 6.07) is 14.6. The minimum atomic E-state index is -0.348. The zero-order valence-electron chi connectivity index (χ0n) is 13.6. The van der Waals surface area contributed by atoms with Gasteiger partial charge in [0.1, 0.15) is 5.69 Å². The summed E-state index contributed by atoms with van der Waals surface area (Å²) < 4.78 is 4.70. The Balaban J connectivity index is 2.03. The van der Waals surface area contributed by atoms with Gasteiger partial charge in [0, 0.05) is 16.0 Å². The molecule has 0 aliphatic carbocycles. The summed E-state index contributed by atoms with van der Waals surface area (Å²) in [6.45, 7) is 1.80. The number of benzene rings is 2. The first kappa shape index (κ1) is 17.7. The van der Waals surface area contributed by atoms with E-state index in [1.807, 2.05) is 36.4 Å². The van der Waals surface area contributed by atoms with Crippen LogP contribution in [-0.4, -0.2) is 15.3 Å². The van der Waals surface area contributed by atoms with Gasteiger partial charge < -0.3 is 5.32 Å². The number of hydrogen-bond donors (Lipinski definition) is 1. The van der Waals surface area contributed by atoms with Crippen LogP contribution >= 0.6 is 31.9 Å². The third-order valence-corrected chi connectivity index (χ3v) is 5.15. The Kier molecular flexibility index (Phi) is 4.96. The van der Waals surface area contributed by atoms with Gasteiger partial charge in [-0.2, -0.15) is 0 Å². The topological polar surface area (TPSA) is 56.0 Å². The first-order valence-corrected chi connectivity index (χ1v) is 9.09. The molecule has 3 rings (SSSR count). The molecular formula is C18H15Br2N3O2. The molecule has 1 aromatic heterocycles. The Morgan fingerprint density at radius 1 is 1.08 bits per heavy atom. The highest BCUT2D eigenvalue weighted by atomic mass is 79.9. The van der Waals surface area contributed by atoms with E-state index in [-0.39, 0.29) is 17.2 Å².